The molecule has 0 spiro atoms. The van der Waals surface area contributed by atoms with Crippen molar-refractivity contribution in [2.45, 2.75) is 11.8 Å². The van der Waals surface area contributed by atoms with Gasteiger partial charge in [0.1, 0.15) is 4.90 Å². The fourth-order valence-electron chi connectivity index (χ4n) is 2.23. The first-order valence-electron chi connectivity index (χ1n) is 7.30. The zero-order valence-electron chi connectivity index (χ0n) is 14.2. The minimum atomic E-state index is -4.12. The van der Waals surface area contributed by atoms with Crippen LogP contribution < -0.4 is 4.72 Å². The molecule has 0 fully saturated rings. The number of hydrogen-bond donors (Lipinski definition) is 1. The van der Waals surface area contributed by atoms with E-state index in [1.165, 1.54) is 44.6 Å². The van der Waals surface area contributed by atoms with Crippen LogP contribution in [-0.2, 0) is 19.5 Å². The number of benzene rings is 2. The average Bonchev–Trinajstić information content (AvgIpc) is 2.62. The van der Waals surface area contributed by atoms with Crippen molar-refractivity contribution in [3.05, 3.63) is 58.1 Å². The lowest BCUT2D eigenvalue weighted by Gasteiger charge is -2.14. The van der Waals surface area contributed by atoms with Crippen molar-refractivity contribution in [2.75, 3.05) is 18.9 Å². The average molecular weight is 398 g/mol. The molecule has 0 aliphatic carbocycles. The third-order valence-electron chi connectivity index (χ3n) is 3.63. The van der Waals surface area contributed by atoms with Crippen molar-refractivity contribution in [3.8, 4) is 0 Å². The van der Waals surface area contributed by atoms with Gasteiger partial charge in [-0.2, -0.15) is 0 Å². The number of hydrogen-bond acceptors (Lipinski definition) is 6. The Morgan fingerprint density at radius 1 is 1.04 bits per heavy atom. The van der Waals surface area contributed by atoms with Crippen LogP contribution in [0, 0.1) is 6.92 Å². The molecule has 0 aromatic heterocycles. The Morgan fingerprint density at radius 2 is 1.69 bits per heavy atom. The van der Waals surface area contributed by atoms with Gasteiger partial charge in [-0.3, -0.25) is 4.72 Å². The van der Waals surface area contributed by atoms with Gasteiger partial charge in [0.2, 0.25) is 0 Å². The number of anilines is 1. The summed E-state index contributed by atoms with van der Waals surface area (Å²) >= 11 is 5.99. The highest BCUT2D eigenvalue weighted by molar-refractivity contribution is 7.92. The molecule has 0 unspecified atom stereocenters. The summed E-state index contributed by atoms with van der Waals surface area (Å²) in [5.41, 5.74) is 0.843. The van der Waals surface area contributed by atoms with Crippen LogP contribution in [0.4, 0.5) is 5.69 Å². The van der Waals surface area contributed by atoms with E-state index in [1.807, 2.05) is 0 Å². The number of carbonyl (C=O) groups is 2. The topological polar surface area (TPSA) is 98.8 Å². The lowest BCUT2D eigenvalue weighted by Crippen LogP contribution is -2.16. The first-order chi connectivity index (χ1) is 12.2. The maximum Gasteiger partial charge on any atom is 0.338 e. The molecule has 0 aliphatic heterocycles. The van der Waals surface area contributed by atoms with E-state index in [0.29, 0.717) is 5.56 Å². The first kappa shape index (κ1) is 19.7. The summed E-state index contributed by atoms with van der Waals surface area (Å²) in [5.74, 6) is -1.28. The van der Waals surface area contributed by atoms with Gasteiger partial charge in [0, 0.05) is 0 Å². The summed E-state index contributed by atoms with van der Waals surface area (Å²) in [7, 11) is -1.70. The van der Waals surface area contributed by atoms with Gasteiger partial charge in [-0.1, -0.05) is 17.7 Å². The van der Waals surface area contributed by atoms with Crippen LogP contribution in [-0.4, -0.2) is 34.6 Å². The van der Waals surface area contributed by atoms with Crippen molar-refractivity contribution < 1.29 is 27.5 Å². The molecule has 7 nitrogen and oxygen atoms in total. The molecular weight excluding hydrogens is 382 g/mol. The van der Waals surface area contributed by atoms with E-state index in [0.717, 1.165) is 6.07 Å². The molecule has 0 amide bonds. The van der Waals surface area contributed by atoms with Crippen molar-refractivity contribution in [2.24, 2.45) is 0 Å². The van der Waals surface area contributed by atoms with E-state index in [4.69, 9.17) is 11.6 Å². The minimum absolute atomic E-state index is 0.0392. The molecule has 0 bridgehead atoms. The van der Waals surface area contributed by atoms with Gasteiger partial charge in [-0.05, 0) is 42.8 Å². The van der Waals surface area contributed by atoms with E-state index in [2.05, 4.69) is 14.2 Å². The fraction of sp³-hybridized carbons (Fsp3) is 0.176. The molecule has 2 rings (SSSR count). The zero-order chi connectivity index (χ0) is 19.5. The van der Waals surface area contributed by atoms with Crippen LogP contribution in [0.15, 0.2) is 41.3 Å². The van der Waals surface area contributed by atoms with Crippen molar-refractivity contribution >= 4 is 39.3 Å². The monoisotopic (exact) mass is 397 g/mol. The Balaban J connectivity index is 2.48. The highest BCUT2D eigenvalue weighted by atomic mass is 35.5. The molecule has 0 heterocycles. The highest BCUT2D eigenvalue weighted by Crippen LogP contribution is 2.27. The molecule has 26 heavy (non-hydrogen) atoms. The van der Waals surface area contributed by atoms with Crippen molar-refractivity contribution in [1.29, 1.82) is 0 Å². The number of ether oxygens (including phenoxy) is 2. The molecule has 138 valence electrons. The Labute approximate surface area is 155 Å². The maximum atomic E-state index is 12.7. The van der Waals surface area contributed by atoms with Crippen LogP contribution >= 0.6 is 11.6 Å². The summed E-state index contributed by atoms with van der Waals surface area (Å²) < 4.78 is 37.1. The Hall–Kier alpha value is -2.58. The number of sulfonamides is 1. The van der Waals surface area contributed by atoms with E-state index in [9.17, 15) is 18.0 Å². The molecule has 0 saturated heterocycles. The van der Waals surface area contributed by atoms with E-state index >= 15 is 0 Å². The number of halogens is 1. The maximum absolute atomic E-state index is 12.7. The lowest BCUT2D eigenvalue weighted by atomic mass is 10.1. The Morgan fingerprint density at radius 3 is 2.31 bits per heavy atom. The van der Waals surface area contributed by atoms with Crippen molar-refractivity contribution in [1.82, 2.24) is 0 Å². The van der Waals surface area contributed by atoms with Crippen LogP contribution in [0.3, 0.4) is 0 Å². The Bertz CT molecular complexity index is 971. The van der Waals surface area contributed by atoms with Gasteiger partial charge in [0.15, 0.2) is 0 Å². The molecule has 0 saturated carbocycles. The number of nitrogens with one attached hydrogen (secondary N) is 1. The summed E-state index contributed by atoms with van der Waals surface area (Å²) in [4.78, 5) is 23.1. The predicted octanol–water partition coefficient (Wildman–Crippen LogP) is 3.02. The van der Waals surface area contributed by atoms with Crippen LogP contribution in [0.1, 0.15) is 26.3 Å². The van der Waals surface area contributed by atoms with E-state index in [1.54, 1.807) is 6.92 Å². The summed E-state index contributed by atoms with van der Waals surface area (Å²) in [6, 6.07) is 8.30. The molecule has 9 heteroatoms. The highest BCUT2D eigenvalue weighted by Gasteiger charge is 2.22. The molecule has 0 aliphatic rings. The zero-order valence-corrected chi connectivity index (χ0v) is 15.8. The Kier molecular flexibility index (Phi) is 5.89. The molecule has 0 radical (unpaired) electrons. The largest absolute Gasteiger partial charge is 0.465 e. The standard InChI is InChI=1S/C17H16ClNO6S/c1-10-12(17(21)25-3)5-4-6-14(10)19-26(22,23)15-9-11(16(20)24-2)7-8-13(15)18/h4-9,19H,1-3H3. The molecule has 1 N–H and O–H groups in total. The molecular formula is C17H16ClNO6S. The number of rotatable bonds is 5. The second kappa shape index (κ2) is 7.76. The van der Waals surface area contributed by atoms with Crippen LogP contribution in [0.2, 0.25) is 5.02 Å². The second-order valence-electron chi connectivity index (χ2n) is 5.21. The van der Waals surface area contributed by atoms with Gasteiger partial charge < -0.3 is 9.47 Å². The summed E-state index contributed by atoms with van der Waals surface area (Å²) in [5, 5.41) is -0.0630. The first-order valence-corrected chi connectivity index (χ1v) is 9.16. The number of methoxy groups -OCH3 is 2. The summed E-state index contributed by atoms with van der Waals surface area (Å²) in [6.45, 7) is 1.58. The molecule has 2 aromatic carbocycles. The van der Waals surface area contributed by atoms with E-state index < -0.39 is 22.0 Å². The molecule has 2 aromatic rings. The minimum Gasteiger partial charge on any atom is -0.465 e. The van der Waals surface area contributed by atoms with Gasteiger partial charge in [0.25, 0.3) is 10.0 Å². The quantitative estimate of drug-likeness (QED) is 0.778. The third-order valence-corrected chi connectivity index (χ3v) is 5.47. The fourth-order valence-corrected chi connectivity index (χ4v) is 3.88. The lowest BCUT2D eigenvalue weighted by molar-refractivity contribution is 0.0591. The molecule has 0 atom stereocenters. The van der Waals surface area contributed by atoms with Gasteiger partial charge in [0.05, 0.1) is 36.1 Å². The predicted molar refractivity (Wildman–Crippen MR) is 96.1 cm³/mol. The summed E-state index contributed by atoms with van der Waals surface area (Å²) in [6.07, 6.45) is 0. The third kappa shape index (κ3) is 3.97. The number of carbonyl (C=O) groups excluding carboxylic acids is 2. The number of esters is 2. The van der Waals surface area contributed by atoms with Crippen molar-refractivity contribution in [3.63, 3.8) is 0 Å². The normalized spacial score (nSPS) is 10.9. The van der Waals surface area contributed by atoms with E-state index in [-0.39, 0.29) is 26.7 Å². The smallest absolute Gasteiger partial charge is 0.338 e. The van der Waals surface area contributed by atoms with Gasteiger partial charge in [-0.15, -0.1) is 0 Å². The van der Waals surface area contributed by atoms with Crippen LogP contribution in [0.25, 0.3) is 0 Å². The van der Waals surface area contributed by atoms with Gasteiger partial charge >= 0.3 is 11.9 Å². The van der Waals surface area contributed by atoms with Gasteiger partial charge in [-0.25, -0.2) is 18.0 Å². The SMILES string of the molecule is COC(=O)c1ccc(Cl)c(S(=O)(=O)Nc2cccc(C(=O)OC)c2C)c1. The van der Waals surface area contributed by atoms with Crippen LogP contribution in [0.5, 0.6) is 0 Å². The second-order valence-corrected chi connectivity index (χ2v) is 7.27.